The van der Waals surface area contributed by atoms with Gasteiger partial charge in [-0.15, -0.1) is 0 Å². The zero-order valence-corrected chi connectivity index (χ0v) is 18.6. The second kappa shape index (κ2) is 8.49. The summed E-state index contributed by atoms with van der Waals surface area (Å²) in [4.78, 5) is 16.9. The average molecular weight is 467 g/mol. The molecule has 1 amide bonds. The smallest absolute Gasteiger partial charge is 0.253 e. The number of halogens is 1. The van der Waals surface area contributed by atoms with E-state index >= 15 is 0 Å². The molecule has 2 heterocycles. The van der Waals surface area contributed by atoms with E-state index < -0.39 is 16.2 Å². The van der Waals surface area contributed by atoms with Gasteiger partial charge in [-0.1, -0.05) is 36.4 Å². The zero-order valence-electron chi connectivity index (χ0n) is 17.7. The third kappa shape index (κ3) is 4.17. The van der Waals surface area contributed by atoms with Gasteiger partial charge in [0.2, 0.25) is 10.0 Å². The number of para-hydroxylation sites is 2. The number of hydrogen-bond acceptors (Lipinski definition) is 5. The van der Waals surface area contributed by atoms with E-state index in [1.54, 1.807) is 71.6 Å². The number of hydrogen-bond donors (Lipinski definition) is 2. The van der Waals surface area contributed by atoms with Crippen LogP contribution in [0.15, 0.2) is 77.7 Å². The predicted octanol–water partition coefficient (Wildman–Crippen LogP) is 3.19. The molecule has 1 atom stereocenters. The number of carbonyl (C=O) groups excluding carboxylic acids is 1. The average Bonchev–Trinajstić information content (AvgIpc) is 2.84. The molecule has 0 aliphatic carbocycles. The van der Waals surface area contributed by atoms with E-state index in [-0.39, 0.29) is 16.6 Å². The third-order valence-electron chi connectivity index (χ3n) is 6.00. The lowest BCUT2D eigenvalue weighted by molar-refractivity contribution is 0.0746. The first-order valence-electron chi connectivity index (χ1n) is 10.7. The van der Waals surface area contributed by atoms with Crippen molar-refractivity contribution >= 4 is 27.3 Å². The number of nitrogens with one attached hydrogen (secondary N) is 2. The summed E-state index contributed by atoms with van der Waals surface area (Å²) in [5.74, 6) is -0.361. The Balaban J connectivity index is 1.26. The van der Waals surface area contributed by atoms with Crippen molar-refractivity contribution in [1.82, 2.24) is 9.62 Å². The number of rotatable bonds is 3. The van der Waals surface area contributed by atoms with Gasteiger partial charge in [0, 0.05) is 31.7 Å². The van der Waals surface area contributed by atoms with Crippen molar-refractivity contribution in [1.29, 1.82) is 0 Å². The van der Waals surface area contributed by atoms with Crippen molar-refractivity contribution in [2.45, 2.75) is 11.1 Å². The molecule has 5 rings (SSSR count). The first-order valence-corrected chi connectivity index (χ1v) is 12.2. The number of piperazine rings is 1. The van der Waals surface area contributed by atoms with Crippen molar-refractivity contribution < 1.29 is 17.6 Å². The summed E-state index contributed by atoms with van der Waals surface area (Å²) >= 11 is 0. The molecule has 2 aliphatic heterocycles. The minimum atomic E-state index is -3.63. The summed E-state index contributed by atoms with van der Waals surface area (Å²) in [5.41, 5.74) is 2.32. The van der Waals surface area contributed by atoms with E-state index in [1.807, 2.05) is 4.90 Å². The molecule has 0 spiro atoms. The summed E-state index contributed by atoms with van der Waals surface area (Å²) in [6.07, 6.45) is -0.627. The maximum absolute atomic E-state index is 14.0. The van der Waals surface area contributed by atoms with Gasteiger partial charge in [0.05, 0.1) is 11.4 Å². The molecule has 170 valence electrons. The number of nitrogens with zero attached hydrogens (tertiary/aromatic N) is 2. The van der Waals surface area contributed by atoms with Gasteiger partial charge in [0.25, 0.3) is 5.91 Å². The fraction of sp³-hybridized carbons (Fsp3) is 0.208. The third-order valence-corrected chi connectivity index (χ3v) is 7.48. The normalized spacial score (nSPS) is 19.5. The van der Waals surface area contributed by atoms with Crippen molar-refractivity contribution in [3.63, 3.8) is 0 Å². The van der Waals surface area contributed by atoms with Gasteiger partial charge < -0.3 is 15.1 Å². The van der Waals surface area contributed by atoms with Gasteiger partial charge in [0.15, 0.2) is 0 Å². The second-order valence-electron chi connectivity index (χ2n) is 8.05. The van der Waals surface area contributed by atoms with Crippen LogP contribution >= 0.6 is 0 Å². The molecule has 33 heavy (non-hydrogen) atoms. The molecule has 2 N–H and O–H groups in total. The number of carbonyl (C=O) groups is 1. The Morgan fingerprint density at radius 2 is 1.55 bits per heavy atom. The molecule has 9 heteroatoms. The van der Waals surface area contributed by atoms with Crippen LogP contribution in [-0.2, 0) is 10.0 Å². The fourth-order valence-electron chi connectivity index (χ4n) is 4.23. The molecule has 0 aromatic heterocycles. The van der Waals surface area contributed by atoms with Crippen molar-refractivity contribution in [3.05, 3.63) is 89.7 Å². The molecule has 7 nitrogen and oxygen atoms in total. The lowest BCUT2D eigenvalue weighted by Crippen LogP contribution is -2.49. The zero-order chi connectivity index (χ0) is 23.0. The Morgan fingerprint density at radius 3 is 2.27 bits per heavy atom. The molecule has 0 bridgehead atoms. The highest BCUT2D eigenvalue weighted by Gasteiger charge is 2.30. The topological polar surface area (TPSA) is 81.7 Å². The van der Waals surface area contributed by atoms with Gasteiger partial charge in [-0.3, -0.25) is 4.79 Å². The Hall–Kier alpha value is -3.43. The van der Waals surface area contributed by atoms with E-state index in [2.05, 4.69) is 10.0 Å². The Kier molecular flexibility index (Phi) is 5.51. The van der Waals surface area contributed by atoms with Crippen LogP contribution < -0.4 is 14.9 Å². The quantitative estimate of drug-likeness (QED) is 0.620. The highest BCUT2D eigenvalue weighted by atomic mass is 32.2. The Morgan fingerprint density at radius 1 is 0.879 bits per heavy atom. The minimum Gasteiger partial charge on any atom is -0.366 e. The summed E-state index contributed by atoms with van der Waals surface area (Å²) in [6.45, 7) is 2.10. The van der Waals surface area contributed by atoms with Crippen LogP contribution in [0.5, 0.6) is 0 Å². The minimum absolute atomic E-state index is 0.0998. The molecular formula is C24H23FN4O3S. The lowest BCUT2D eigenvalue weighted by Gasteiger charge is -2.36. The lowest BCUT2D eigenvalue weighted by atomic mass is 10.1. The van der Waals surface area contributed by atoms with E-state index in [1.165, 1.54) is 6.07 Å². The van der Waals surface area contributed by atoms with Crippen molar-refractivity contribution in [2.75, 3.05) is 36.4 Å². The van der Waals surface area contributed by atoms with E-state index in [9.17, 15) is 17.6 Å². The first-order chi connectivity index (χ1) is 15.9. The van der Waals surface area contributed by atoms with Crippen LogP contribution in [0, 0.1) is 5.82 Å². The van der Waals surface area contributed by atoms with Gasteiger partial charge in [0.1, 0.15) is 16.9 Å². The summed E-state index contributed by atoms with van der Waals surface area (Å²) in [6, 6.07) is 20.3. The number of fused-ring (bicyclic) bond motifs is 1. The van der Waals surface area contributed by atoms with Crippen molar-refractivity contribution in [2.24, 2.45) is 0 Å². The maximum Gasteiger partial charge on any atom is 0.253 e. The van der Waals surface area contributed by atoms with E-state index in [0.29, 0.717) is 48.7 Å². The van der Waals surface area contributed by atoms with Crippen LogP contribution in [0.4, 0.5) is 15.8 Å². The van der Waals surface area contributed by atoms with E-state index in [4.69, 9.17) is 0 Å². The molecule has 0 saturated carbocycles. The van der Waals surface area contributed by atoms with Crippen LogP contribution in [0.1, 0.15) is 22.1 Å². The summed E-state index contributed by atoms with van der Waals surface area (Å²) < 4.78 is 41.8. The molecule has 3 aromatic carbocycles. The molecule has 3 aromatic rings. The maximum atomic E-state index is 14.0. The van der Waals surface area contributed by atoms with Crippen molar-refractivity contribution in [3.8, 4) is 0 Å². The molecular weight excluding hydrogens is 443 g/mol. The highest BCUT2D eigenvalue weighted by Crippen LogP contribution is 2.31. The molecule has 2 aliphatic rings. The van der Waals surface area contributed by atoms with Crippen LogP contribution in [0.2, 0.25) is 0 Å². The molecule has 0 unspecified atom stereocenters. The van der Waals surface area contributed by atoms with Gasteiger partial charge in [-0.2, -0.15) is 4.72 Å². The highest BCUT2D eigenvalue weighted by molar-refractivity contribution is 7.89. The largest absolute Gasteiger partial charge is 0.366 e. The predicted molar refractivity (Wildman–Crippen MR) is 124 cm³/mol. The first kappa shape index (κ1) is 21.4. The Labute approximate surface area is 191 Å². The SMILES string of the molecule is O=C(c1ccc([C@H]2Nc3ccccc3S(=O)(=O)N2)cc1)N1CCN(c2ccccc2F)CC1. The second-order valence-corrected chi connectivity index (χ2v) is 9.73. The standard InChI is InChI=1S/C24H23FN4O3S/c25-19-5-1-3-7-21(19)28-13-15-29(16-14-28)24(30)18-11-9-17(10-12-18)23-26-20-6-2-4-8-22(20)33(31,32)27-23/h1-12,23,26-27H,13-16H2/t23-/m0/s1. The summed E-state index contributed by atoms with van der Waals surface area (Å²) in [7, 11) is -3.63. The van der Waals surface area contributed by atoms with Gasteiger partial charge in [-0.25, -0.2) is 12.8 Å². The van der Waals surface area contributed by atoms with Crippen LogP contribution in [0.3, 0.4) is 0 Å². The number of benzene rings is 3. The molecule has 1 saturated heterocycles. The van der Waals surface area contributed by atoms with Gasteiger partial charge in [-0.05, 0) is 42.0 Å². The number of amides is 1. The van der Waals surface area contributed by atoms with E-state index in [0.717, 1.165) is 0 Å². The summed E-state index contributed by atoms with van der Waals surface area (Å²) in [5, 5.41) is 3.18. The molecule has 0 radical (unpaired) electrons. The monoisotopic (exact) mass is 466 g/mol. The van der Waals surface area contributed by atoms with Gasteiger partial charge >= 0.3 is 0 Å². The number of sulfonamides is 1. The van der Waals surface area contributed by atoms with Crippen LogP contribution in [-0.4, -0.2) is 45.4 Å². The number of anilines is 2. The Bertz CT molecular complexity index is 1290. The molecule has 1 fully saturated rings. The fourth-order valence-corrected chi connectivity index (χ4v) is 5.54. The van der Waals surface area contributed by atoms with Crippen LogP contribution in [0.25, 0.3) is 0 Å².